The molecule has 1 fully saturated rings. The topological polar surface area (TPSA) is 38.3 Å². The van der Waals surface area contributed by atoms with Crippen molar-refractivity contribution in [1.82, 2.24) is 0 Å². The van der Waals surface area contributed by atoms with Crippen LogP contribution >= 0.6 is 27.5 Å². The van der Waals surface area contributed by atoms with Gasteiger partial charge in [-0.05, 0) is 66.7 Å². The third-order valence-corrected chi connectivity index (χ3v) is 4.63. The highest BCUT2D eigenvalue weighted by Crippen LogP contribution is 2.42. The van der Waals surface area contributed by atoms with E-state index in [0.717, 1.165) is 23.0 Å². The first kappa shape index (κ1) is 14.7. The summed E-state index contributed by atoms with van der Waals surface area (Å²) in [7, 11) is 0. The molecule has 1 aliphatic carbocycles. The van der Waals surface area contributed by atoms with Crippen LogP contribution in [0.25, 0.3) is 0 Å². The highest BCUT2D eigenvalue weighted by molar-refractivity contribution is 9.10. The van der Waals surface area contributed by atoms with E-state index in [1.54, 1.807) is 6.07 Å². The Bertz CT molecular complexity index is 490. The average molecular weight is 347 g/mol. The molecule has 1 aromatic carbocycles. The second-order valence-corrected chi connectivity index (χ2v) is 6.21. The standard InChI is InChI=1S/C14H17BrClNO2/c1-3-19-13(18)14(2,9-4-5-9)17-10-6-7-12(16)11(15)8-10/h6-9,17H,3-5H2,1-2H3. The summed E-state index contributed by atoms with van der Waals surface area (Å²) in [6, 6.07) is 5.54. The summed E-state index contributed by atoms with van der Waals surface area (Å²) >= 11 is 9.36. The molecule has 0 aliphatic heterocycles. The van der Waals surface area contributed by atoms with Gasteiger partial charge in [0.1, 0.15) is 5.54 Å². The number of esters is 1. The Morgan fingerprint density at radius 2 is 2.26 bits per heavy atom. The molecular formula is C14H17BrClNO2. The van der Waals surface area contributed by atoms with E-state index in [1.165, 1.54) is 0 Å². The molecule has 1 unspecified atom stereocenters. The van der Waals surface area contributed by atoms with Crippen LogP contribution in [0.2, 0.25) is 5.02 Å². The number of rotatable bonds is 5. The zero-order valence-corrected chi connectivity index (χ0v) is 13.3. The molecule has 5 heteroatoms. The van der Waals surface area contributed by atoms with Crippen LogP contribution in [0, 0.1) is 5.92 Å². The van der Waals surface area contributed by atoms with Crippen LogP contribution in [0.5, 0.6) is 0 Å². The first-order valence-corrected chi connectivity index (χ1v) is 7.55. The monoisotopic (exact) mass is 345 g/mol. The van der Waals surface area contributed by atoms with Gasteiger partial charge in [-0.1, -0.05) is 11.6 Å². The van der Waals surface area contributed by atoms with E-state index in [9.17, 15) is 4.79 Å². The number of nitrogens with one attached hydrogen (secondary N) is 1. The van der Waals surface area contributed by atoms with Crippen LogP contribution in [0.1, 0.15) is 26.7 Å². The third kappa shape index (κ3) is 3.23. The van der Waals surface area contributed by atoms with Crippen molar-refractivity contribution in [1.29, 1.82) is 0 Å². The van der Waals surface area contributed by atoms with Gasteiger partial charge in [-0.25, -0.2) is 4.79 Å². The largest absolute Gasteiger partial charge is 0.464 e. The number of anilines is 1. The number of halogens is 2. The van der Waals surface area contributed by atoms with Crippen LogP contribution in [0.15, 0.2) is 22.7 Å². The van der Waals surface area contributed by atoms with Crippen molar-refractivity contribution in [2.45, 2.75) is 32.2 Å². The van der Waals surface area contributed by atoms with Gasteiger partial charge >= 0.3 is 5.97 Å². The van der Waals surface area contributed by atoms with Crippen LogP contribution in [0.3, 0.4) is 0 Å². The predicted molar refractivity (Wildman–Crippen MR) is 80.5 cm³/mol. The summed E-state index contributed by atoms with van der Waals surface area (Å²) in [5.41, 5.74) is 0.197. The summed E-state index contributed by atoms with van der Waals surface area (Å²) in [5.74, 6) is 0.143. The van der Waals surface area contributed by atoms with Gasteiger partial charge in [0.2, 0.25) is 0 Å². The van der Waals surface area contributed by atoms with E-state index >= 15 is 0 Å². The molecule has 0 saturated heterocycles. The van der Waals surface area contributed by atoms with Gasteiger partial charge in [0.15, 0.2) is 0 Å². The van der Waals surface area contributed by atoms with Crippen molar-refractivity contribution in [2.75, 3.05) is 11.9 Å². The molecule has 104 valence electrons. The summed E-state index contributed by atoms with van der Waals surface area (Å²) in [6.07, 6.45) is 2.11. The minimum atomic E-state index is -0.663. The SMILES string of the molecule is CCOC(=O)C(C)(Nc1ccc(Cl)c(Br)c1)C1CC1. The van der Waals surface area contributed by atoms with E-state index < -0.39 is 5.54 Å². The van der Waals surface area contributed by atoms with E-state index in [-0.39, 0.29) is 5.97 Å². The van der Waals surface area contributed by atoms with Crippen molar-refractivity contribution in [3.8, 4) is 0 Å². The van der Waals surface area contributed by atoms with Crippen molar-refractivity contribution in [3.05, 3.63) is 27.7 Å². The molecule has 0 amide bonds. The Balaban J connectivity index is 2.20. The molecule has 1 aliphatic rings. The fraction of sp³-hybridized carbons (Fsp3) is 0.500. The summed E-state index contributed by atoms with van der Waals surface area (Å²) in [5, 5.41) is 3.95. The Morgan fingerprint density at radius 1 is 1.58 bits per heavy atom. The van der Waals surface area contributed by atoms with E-state index in [4.69, 9.17) is 16.3 Å². The van der Waals surface area contributed by atoms with E-state index in [0.29, 0.717) is 17.5 Å². The minimum absolute atomic E-state index is 0.191. The number of benzene rings is 1. The lowest BCUT2D eigenvalue weighted by atomic mass is 9.95. The fourth-order valence-corrected chi connectivity index (χ4v) is 2.63. The predicted octanol–water partition coefficient (Wildman–Crippen LogP) is 4.25. The molecule has 19 heavy (non-hydrogen) atoms. The maximum atomic E-state index is 12.2. The Labute approximate surface area is 126 Å². The molecule has 1 aromatic rings. The van der Waals surface area contributed by atoms with Gasteiger partial charge in [0.25, 0.3) is 0 Å². The quantitative estimate of drug-likeness (QED) is 0.810. The molecule has 0 bridgehead atoms. The van der Waals surface area contributed by atoms with Crippen LogP contribution in [-0.4, -0.2) is 18.1 Å². The average Bonchev–Trinajstić information content (AvgIpc) is 3.18. The lowest BCUT2D eigenvalue weighted by molar-refractivity contribution is -0.148. The van der Waals surface area contributed by atoms with Gasteiger partial charge < -0.3 is 10.1 Å². The number of hydrogen-bond donors (Lipinski definition) is 1. The molecule has 0 aromatic heterocycles. The first-order valence-electron chi connectivity index (χ1n) is 6.38. The molecule has 0 spiro atoms. The first-order chi connectivity index (χ1) is 8.97. The normalized spacial score (nSPS) is 17.7. The van der Waals surface area contributed by atoms with Crippen molar-refractivity contribution >= 4 is 39.2 Å². The molecule has 0 radical (unpaired) electrons. The third-order valence-electron chi connectivity index (χ3n) is 3.42. The van der Waals surface area contributed by atoms with Crippen molar-refractivity contribution in [3.63, 3.8) is 0 Å². The number of hydrogen-bond acceptors (Lipinski definition) is 3. The number of carbonyl (C=O) groups excluding carboxylic acids is 1. The molecular weight excluding hydrogens is 330 g/mol. The smallest absolute Gasteiger partial charge is 0.331 e. The Hall–Kier alpha value is -0.740. The van der Waals surface area contributed by atoms with Gasteiger partial charge in [-0.2, -0.15) is 0 Å². The summed E-state index contributed by atoms with van der Waals surface area (Å²) in [4.78, 5) is 12.2. The van der Waals surface area contributed by atoms with E-state index in [1.807, 2.05) is 26.0 Å². The molecule has 1 saturated carbocycles. The fourth-order valence-electron chi connectivity index (χ4n) is 2.14. The van der Waals surface area contributed by atoms with Crippen LogP contribution in [0.4, 0.5) is 5.69 Å². The number of carbonyl (C=O) groups is 1. The molecule has 1 N–H and O–H groups in total. The van der Waals surface area contributed by atoms with Crippen molar-refractivity contribution in [2.24, 2.45) is 5.92 Å². The molecule has 2 rings (SSSR count). The maximum absolute atomic E-state index is 12.2. The Kier molecular flexibility index (Phi) is 4.41. The van der Waals surface area contributed by atoms with Gasteiger partial charge in [0.05, 0.1) is 11.6 Å². The zero-order chi connectivity index (χ0) is 14.0. The highest BCUT2D eigenvalue weighted by atomic mass is 79.9. The Morgan fingerprint density at radius 3 is 2.79 bits per heavy atom. The summed E-state index contributed by atoms with van der Waals surface area (Å²) in [6.45, 7) is 4.13. The molecule has 0 heterocycles. The lowest BCUT2D eigenvalue weighted by Crippen LogP contribution is -2.46. The van der Waals surface area contributed by atoms with E-state index in [2.05, 4.69) is 21.2 Å². The second kappa shape index (κ2) is 5.71. The summed E-state index contributed by atoms with van der Waals surface area (Å²) < 4.78 is 6.00. The van der Waals surface area contributed by atoms with Gasteiger partial charge in [-0.3, -0.25) is 0 Å². The number of ether oxygens (including phenoxy) is 1. The van der Waals surface area contributed by atoms with Crippen LogP contribution < -0.4 is 5.32 Å². The van der Waals surface area contributed by atoms with Crippen molar-refractivity contribution < 1.29 is 9.53 Å². The van der Waals surface area contributed by atoms with Gasteiger partial charge in [0, 0.05) is 10.2 Å². The molecule has 1 atom stereocenters. The second-order valence-electron chi connectivity index (χ2n) is 4.95. The zero-order valence-electron chi connectivity index (χ0n) is 11.0. The molecule has 3 nitrogen and oxygen atoms in total. The lowest BCUT2D eigenvalue weighted by Gasteiger charge is -2.29. The minimum Gasteiger partial charge on any atom is -0.464 e. The highest BCUT2D eigenvalue weighted by Gasteiger charge is 2.48. The van der Waals surface area contributed by atoms with Crippen LogP contribution in [-0.2, 0) is 9.53 Å². The maximum Gasteiger partial charge on any atom is 0.331 e. The van der Waals surface area contributed by atoms with Gasteiger partial charge in [-0.15, -0.1) is 0 Å².